The fourth-order valence-corrected chi connectivity index (χ4v) is 3.41. The number of aliphatic hydroxyl groups excluding tert-OH is 1. The number of ether oxygens (including phenoxy) is 1. The van der Waals surface area contributed by atoms with Gasteiger partial charge >= 0.3 is 5.97 Å². The molecule has 0 aromatic carbocycles. The van der Waals surface area contributed by atoms with Gasteiger partial charge in [0.15, 0.2) is 0 Å². The van der Waals surface area contributed by atoms with E-state index in [1.807, 2.05) is 13.8 Å². The molecule has 0 bridgehead atoms. The fraction of sp³-hybridized carbons (Fsp3) is 0.944. The second-order valence-electron chi connectivity index (χ2n) is 8.39. The van der Waals surface area contributed by atoms with Crippen molar-refractivity contribution in [3.05, 3.63) is 0 Å². The van der Waals surface area contributed by atoms with Crippen molar-refractivity contribution < 1.29 is 14.6 Å². The summed E-state index contributed by atoms with van der Waals surface area (Å²) >= 11 is 0. The minimum atomic E-state index is -0.214. The molecule has 1 saturated carbocycles. The summed E-state index contributed by atoms with van der Waals surface area (Å²) < 4.78 is 5.25. The van der Waals surface area contributed by atoms with Gasteiger partial charge in [-0.2, -0.15) is 0 Å². The van der Waals surface area contributed by atoms with E-state index in [4.69, 9.17) is 4.74 Å². The highest BCUT2D eigenvalue weighted by atomic mass is 16.5. The third-order valence-corrected chi connectivity index (χ3v) is 4.73. The molecule has 0 radical (unpaired) electrons. The first-order valence-electron chi connectivity index (χ1n) is 8.45. The normalized spacial score (nSPS) is 30.5. The number of carbonyl (C=O) groups excluding carboxylic acids is 1. The van der Waals surface area contributed by atoms with Crippen LogP contribution in [0.3, 0.4) is 0 Å². The van der Waals surface area contributed by atoms with E-state index in [0.717, 1.165) is 19.3 Å². The predicted molar refractivity (Wildman–Crippen MR) is 85.9 cm³/mol. The van der Waals surface area contributed by atoms with Crippen LogP contribution < -0.4 is 0 Å². The molecule has 0 aromatic heterocycles. The maximum Gasteiger partial charge on any atom is 0.305 e. The van der Waals surface area contributed by atoms with Crippen molar-refractivity contribution in [1.82, 2.24) is 0 Å². The van der Waals surface area contributed by atoms with Crippen LogP contribution in [-0.4, -0.2) is 23.8 Å². The zero-order valence-electron chi connectivity index (χ0n) is 14.7. The molecule has 0 saturated heterocycles. The Hall–Kier alpha value is -0.570. The van der Waals surface area contributed by atoms with Crippen LogP contribution in [0.4, 0.5) is 0 Å². The van der Waals surface area contributed by atoms with Gasteiger partial charge < -0.3 is 9.84 Å². The summed E-state index contributed by atoms with van der Waals surface area (Å²) in [4.78, 5) is 11.7. The maximum absolute atomic E-state index is 11.7. The van der Waals surface area contributed by atoms with Crippen molar-refractivity contribution in [2.45, 2.75) is 73.3 Å². The Labute approximate surface area is 130 Å². The van der Waals surface area contributed by atoms with Gasteiger partial charge in [-0.1, -0.05) is 41.5 Å². The van der Waals surface area contributed by atoms with Crippen molar-refractivity contribution in [2.24, 2.45) is 29.1 Å². The van der Waals surface area contributed by atoms with Crippen molar-refractivity contribution in [3.8, 4) is 0 Å². The summed E-state index contributed by atoms with van der Waals surface area (Å²) in [6.07, 6.45) is 3.23. The van der Waals surface area contributed by atoms with Gasteiger partial charge in [0.25, 0.3) is 0 Å². The molecule has 0 aliphatic heterocycles. The third-order valence-electron chi connectivity index (χ3n) is 4.73. The van der Waals surface area contributed by atoms with Crippen LogP contribution >= 0.6 is 0 Å². The van der Waals surface area contributed by atoms with Crippen molar-refractivity contribution in [1.29, 1.82) is 0 Å². The van der Waals surface area contributed by atoms with Crippen molar-refractivity contribution in [2.75, 3.05) is 6.61 Å². The summed E-state index contributed by atoms with van der Waals surface area (Å²) in [5.74, 6) is 1.48. The van der Waals surface area contributed by atoms with E-state index in [9.17, 15) is 9.90 Å². The molecule has 1 aliphatic rings. The van der Waals surface area contributed by atoms with Crippen molar-refractivity contribution >= 4 is 5.97 Å². The molecule has 0 spiro atoms. The number of hydrogen-bond donors (Lipinski definition) is 1. The summed E-state index contributed by atoms with van der Waals surface area (Å²) in [7, 11) is 0. The molecule has 0 amide bonds. The van der Waals surface area contributed by atoms with E-state index in [0.29, 0.717) is 36.7 Å². The Balaban J connectivity index is 2.47. The Morgan fingerprint density at radius 2 is 1.90 bits per heavy atom. The standard InChI is InChI=1S/C18H34O3/c1-12(2)11-21-16(19)8-7-14-9-13(3)17(20)15(10-14)18(4,5)6/h12-15,17,20H,7-11H2,1-6H3. The van der Waals surface area contributed by atoms with Gasteiger partial charge in [-0.05, 0) is 48.3 Å². The number of aliphatic hydroxyl groups is 1. The van der Waals surface area contributed by atoms with Gasteiger partial charge in [0.2, 0.25) is 0 Å². The third kappa shape index (κ3) is 5.98. The van der Waals surface area contributed by atoms with Gasteiger partial charge in [-0.3, -0.25) is 4.79 Å². The summed E-state index contributed by atoms with van der Waals surface area (Å²) in [5, 5.41) is 10.4. The Kier molecular flexibility index (Phi) is 6.71. The topological polar surface area (TPSA) is 46.5 Å². The summed E-state index contributed by atoms with van der Waals surface area (Å²) in [6, 6.07) is 0. The SMILES string of the molecule is CC(C)COC(=O)CCC1CC(C)C(O)C(C(C)(C)C)C1. The molecule has 1 fully saturated rings. The molecular weight excluding hydrogens is 264 g/mol. The van der Waals surface area contributed by atoms with Crippen LogP contribution in [0.15, 0.2) is 0 Å². The number of hydrogen-bond acceptors (Lipinski definition) is 3. The van der Waals surface area contributed by atoms with Gasteiger partial charge in [0, 0.05) is 6.42 Å². The molecule has 0 aromatic rings. The van der Waals surface area contributed by atoms with Crippen LogP contribution in [0, 0.1) is 29.1 Å². The highest BCUT2D eigenvalue weighted by molar-refractivity contribution is 5.69. The first-order valence-corrected chi connectivity index (χ1v) is 8.45. The molecule has 4 unspecified atom stereocenters. The molecule has 3 nitrogen and oxygen atoms in total. The smallest absolute Gasteiger partial charge is 0.305 e. The zero-order chi connectivity index (χ0) is 16.2. The quantitative estimate of drug-likeness (QED) is 0.779. The number of carbonyl (C=O) groups is 1. The van der Waals surface area contributed by atoms with Crippen LogP contribution in [-0.2, 0) is 9.53 Å². The Morgan fingerprint density at radius 1 is 1.29 bits per heavy atom. The average molecular weight is 298 g/mol. The van der Waals surface area contributed by atoms with Crippen LogP contribution in [0.2, 0.25) is 0 Å². The molecule has 1 rings (SSSR count). The molecular formula is C18H34O3. The number of rotatable bonds is 5. The zero-order valence-corrected chi connectivity index (χ0v) is 14.7. The second-order valence-corrected chi connectivity index (χ2v) is 8.39. The summed E-state index contributed by atoms with van der Waals surface area (Å²) in [5.41, 5.74) is 0.116. The highest BCUT2D eigenvalue weighted by Crippen LogP contribution is 2.44. The molecule has 21 heavy (non-hydrogen) atoms. The lowest BCUT2D eigenvalue weighted by Gasteiger charge is -2.44. The second kappa shape index (κ2) is 7.62. The Bertz CT molecular complexity index is 330. The van der Waals surface area contributed by atoms with Gasteiger partial charge in [-0.25, -0.2) is 0 Å². The van der Waals surface area contributed by atoms with Gasteiger partial charge in [-0.15, -0.1) is 0 Å². The lowest BCUT2D eigenvalue weighted by atomic mass is 9.63. The lowest BCUT2D eigenvalue weighted by molar-refractivity contribution is -0.145. The van der Waals surface area contributed by atoms with Gasteiger partial charge in [0.1, 0.15) is 0 Å². The molecule has 1 N–H and O–H groups in total. The lowest BCUT2D eigenvalue weighted by Crippen LogP contribution is -2.42. The molecule has 3 heteroatoms. The summed E-state index contributed by atoms with van der Waals surface area (Å²) in [6.45, 7) is 13.3. The predicted octanol–water partition coefficient (Wildman–Crippen LogP) is 4.04. The minimum absolute atomic E-state index is 0.0743. The van der Waals surface area contributed by atoms with E-state index in [2.05, 4.69) is 27.7 Å². The van der Waals surface area contributed by atoms with Crippen LogP contribution in [0.5, 0.6) is 0 Å². The average Bonchev–Trinajstić information content (AvgIpc) is 2.36. The first-order chi connectivity index (χ1) is 9.61. The van der Waals surface area contributed by atoms with E-state index >= 15 is 0 Å². The first kappa shape index (κ1) is 18.5. The number of esters is 1. The fourth-order valence-electron chi connectivity index (χ4n) is 3.41. The monoisotopic (exact) mass is 298 g/mol. The highest BCUT2D eigenvalue weighted by Gasteiger charge is 2.40. The molecule has 1 aliphatic carbocycles. The van der Waals surface area contributed by atoms with Crippen LogP contribution in [0.1, 0.15) is 67.2 Å². The molecule has 4 atom stereocenters. The van der Waals surface area contributed by atoms with E-state index in [1.165, 1.54) is 0 Å². The van der Waals surface area contributed by atoms with Gasteiger partial charge in [0.05, 0.1) is 12.7 Å². The largest absolute Gasteiger partial charge is 0.465 e. The van der Waals surface area contributed by atoms with Crippen LogP contribution in [0.25, 0.3) is 0 Å². The van der Waals surface area contributed by atoms with E-state index < -0.39 is 0 Å². The molecule has 124 valence electrons. The Morgan fingerprint density at radius 3 is 2.43 bits per heavy atom. The molecule has 0 heterocycles. The maximum atomic E-state index is 11.7. The van der Waals surface area contributed by atoms with E-state index in [-0.39, 0.29) is 17.5 Å². The van der Waals surface area contributed by atoms with E-state index in [1.54, 1.807) is 0 Å². The minimum Gasteiger partial charge on any atom is -0.465 e. The van der Waals surface area contributed by atoms with Crippen molar-refractivity contribution in [3.63, 3.8) is 0 Å².